The first-order valence-corrected chi connectivity index (χ1v) is 5.90. The highest BCUT2D eigenvalue weighted by molar-refractivity contribution is 4.88. The molecule has 0 amide bonds. The molecule has 2 heterocycles. The summed E-state index contributed by atoms with van der Waals surface area (Å²) >= 11 is 0. The number of aliphatic hydroxyl groups is 1. The molecule has 2 atom stereocenters. The molecule has 0 saturated carbocycles. The van der Waals surface area contributed by atoms with Gasteiger partial charge in [-0.15, -0.1) is 5.10 Å². The van der Waals surface area contributed by atoms with Crippen molar-refractivity contribution < 1.29 is 14.6 Å². The third-order valence-electron chi connectivity index (χ3n) is 2.89. The molecule has 7 heteroatoms. The summed E-state index contributed by atoms with van der Waals surface area (Å²) in [7, 11) is 0. The number of rotatable bonds is 7. The summed E-state index contributed by atoms with van der Waals surface area (Å²) in [6.07, 6.45) is 4.32. The molecule has 96 valence electrons. The summed E-state index contributed by atoms with van der Waals surface area (Å²) in [5, 5.41) is 20.2. The fraction of sp³-hybridized carbons (Fsp3) is 0.900. The fourth-order valence-corrected chi connectivity index (χ4v) is 1.88. The first-order valence-electron chi connectivity index (χ1n) is 5.90. The third-order valence-corrected chi connectivity index (χ3v) is 2.89. The van der Waals surface area contributed by atoms with E-state index in [0.29, 0.717) is 13.0 Å². The van der Waals surface area contributed by atoms with E-state index in [2.05, 4.69) is 22.4 Å². The van der Waals surface area contributed by atoms with E-state index >= 15 is 0 Å². The molecule has 0 aromatic carbocycles. The molecule has 0 radical (unpaired) electrons. The van der Waals surface area contributed by atoms with Crippen molar-refractivity contribution in [3.63, 3.8) is 0 Å². The summed E-state index contributed by atoms with van der Waals surface area (Å²) < 4.78 is 12.6. The molecule has 1 saturated heterocycles. The van der Waals surface area contributed by atoms with E-state index in [1.165, 1.54) is 11.0 Å². The maximum absolute atomic E-state index is 9.35. The molecule has 0 spiro atoms. The minimum Gasteiger partial charge on any atom is -0.391 e. The van der Waals surface area contributed by atoms with Gasteiger partial charge in [-0.25, -0.2) is 0 Å². The normalized spacial score (nSPS) is 28.0. The Labute approximate surface area is 99.7 Å². The van der Waals surface area contributed by atoms with Gasteiger partial charge < -0.3 is 14.6 Å². The first-order chi connectivity index (χ1) is 8.30. The molecule has 1 N–H and O–H groups in total. The van der Waals surface area contributed by atoms with Crippen LogP contribution in [0.25, 0.3) is 0 Å². The lowest BCUT2D eigenvalue weighted by Gasteiger charge is -2.45. The Bertz CT molecular complexity index is 324. The molecular formula is C10H18N4O3. The van der Waals surface area contributed by atoms with Crippen molar-refractivity contribution in [1.82, 2.24) is 20.2 Å². The quantitative estimate of drug-likeness (QED) is 0.674. The van der Waals surface area contributed by atoms with Crippen LogP contribution >= 0.6 is 0 Å². The van der Waals surface area contributed by atoms with Gasteiger partial charge in [0.15, 0.2) is 5.72 Å². The molecule has 7 nitrogen and oxygen atoms in total. The average molecular weight is 242 g/mol. The Balaban J connectivity index is 1.76. The number of aromatic nitrogens is 4. The van der Waals surface area contributed by atoms with Gasteiger partial charge in [0.1, 0.15) is 6.33 Å². The zero-order chi connectivity index (χ0) is 12.1. The summed E-state index contributed by atoms with van der Waals surface area (Å²) in [4.78, 5) is 0. The first kappa shape index (κ1) is 12.4. The van der Waals surface area contributed by atoms with Crippen molar-refractivity contribution in [3.05, 3.63) is 6.33 Å². The van der Waals surface area contributed by atoms with Crippen LogP contribution in [0.3, 0.4) is 0 Å². The Kier molecular flexibility index (Phi) is 4.03. The SMILES string of the molecule is CCCCOCC1CC(CO)(n2cnnn2)O1. The summed E-state index contributed by atoms with van der Waals surface area (Å²) in [5.41, 5.74) is -0.789. The van der Waals surface area contributed by atoms with E-state index in [0.717, 1.165) is 19.4 Å². The third kappa shape index (κ3) is 2.62. The van der Waals surface area contributed by atoms with Crippen molar-refractivity contribution in [2.24, 2.45) is 0 Å². The van der Waals surface area contributed by atoms with Crippen molar-refractivity contribution in [3.8, 4) is 0 Å². The molecule has 2 rings (SSSR count). The van der Waals surface area contributed by atoms with E-state index < -0.39 is 5.72 Å². The summed E-state index contributed by atoms with van der Waals surface area (Å²) in [5.74, 6) is 0. The Hall–Kier alpha value is -1.05. The predicted octanol–water partition coefficient (Wildman–Crippen LogP) is -0.0762. The maximum atomic E-state index is 9.35. The van der Waals surface area contributed by atoms with Gasteiger partial charge in [-0.05, 0) is 16.8 Å². The Morgan fingerprint density at radius 2 is 2.47 bits per heavy atom. The zero-order valence-electron chi connectivity index (χ0n) is 9.95. The minimum absolute atomic E-state index is 0.0169. The van der Waals surface area contributed by atoms with Gasteiger partial charge in [0.25, 0.3) is 0 Å². The summed E-state index contributed by atoms with van der Waals surface area (Å²) in [6.45, 7) is 3.30. The maximum Gasteiger partial charge on any atom is 0.190 e. The molecule has 1 aromatic rings. The fourth-order valence-electron chi connectivity index (χ4n) is 1.88. The van der Waals surface area contributed by atoms with Gasteiger partial charge in [-0.3, -0.25) is 0 Å². The van der Waals surface area contributed by atoms with Crippen molar-refractivity contribution >= 4 is 0 Å². The van der Waals surface area contributed by atoms with Gasteiger partial charge in [0.2, 0.25) is 0 Å². The van der Waals surface area contributed by atoms with Crippen molar-refractivity contribution in [2.45, 2.75) is 38.0 Å². The molecule has 1 aliphatic rings. The van der Waals surface area contributed by atoms with Crippen molar-refractivity contribution in [2.75, 3.05) is 19.8 Å². The molecule has 2 unspecified atom stereocenters. The number of hydrogen-bond acceptors (Lipinski definition) is 6. The monoisotopic (exact) mass is 242 g/mol. The lowest BCUT2D eigenvalue weighted by atomic mass is 9.99. The van der Waals surface area contributed by atoms with E-state index in [4.69, 9.17) is 9.47 Å². The van der Waals surface area contributed by atoms with E-state index in [1.807, 2.05) is 0 Å². The molecule has 0 aliphatic carbocycles. The predicted molar refractivity (Wildman–Crippen MR) is 58.1 cm³/mol. The number of aliphatic hydroxyl groups excluding tert-OH is 1. The van der Waals surface area contributed by atoms with E-state index in [1.54, 1.807) is 0 Å². The Morgan fingerprint density at radius 3 is 3.06 bits per heavy atom. The average Bonchev–Trinajstić information content (AvgIpc) is 2.81. The van der Waals surface area contributed by atoms with Gasteiger partial charge in [0.05, 0.1) is 19.3 Å². The van der Waals surface area contributed by atoms with Gasteiger partial charge in [-0.1, -0.05) is 13.3 Å². The van der Waals surface area contributed by atoms with Crippen LogP contribution in [0.2, 0.25) is 0 Å². The number of tetrazole rings is 1. The second kappa shape index (κ2) is 5.52. The lowest BCUT2D eigenvalue weighted by Crippen LogP contribution is -2.56. The number of nitrogens with zero attached hydrogens (tertiary/aromatic N) is 4. The standard InChI is InChI=1S/C10H18N4O3/c1-2-3-4-16-6-9-5-10(7-15,17-9)14-8-11-12-13-14/h8-9,15H,2-7H2,1H3. The van der Waals surface area contributed by atoms with Gasteiger partial charge in [-0.2, -0.15) is 4.68 Å². The molecule has 1 aliphatic heterocycles. The number of hydrogen-bond donors (Lipinski definition) is 1. The molecule has 1 fully saturated rings. The van der Waals surface area contributed by atoms with E-state index in [-0.39, 0.29) is 12.7 Å². The Morgan fingerprint density at radius 1 is 1.65 bits per heavy atom. The molecule has 0 bridgehead atoms. The lowest BCUT2D eigenvalue weighted by molar-refractivity contribution is -0.289. The molecule has 1 aromatic heterocycles. The highest BCUT2D eigenvalue weighted by atomic mass is 16.6. The number of unbranched alkanes of at least 4 members (excludes halogenated alkanes) is 1. The van der Waals surface area contributed by atoms with Crippen LogP contribution in [0.1, 0.15) is 26.2 Å². The summed E-state index contributed by atoms with van der Waals surface area (Å²) in [6, 6.07) is 0. The number of ether oxygens (including phenoxy) is 2. The minimum atomic E-state index is -0.789. The smallest absolute Gasteiger partial charge is 0.190 e. The molecular weight excluding hydrogens is 224 g/mol. The topological polar surface area (TPSA) is 82.3 Å². The van der Waals surface area contributed by atoms with Crippen LogP contribution in [-0.4, -0.2) is 51.2 Å². The van der Waals surface area contributed by atoms with Crippen molar-refractivity contribution in [1.29, 1.82) is 0 Å². The van der Waals surface area contributed by atoms with E-state index in [9.17, 15) is 5.11 Å². The molecule has 17 heavy (non-hydrogen) atoms. The highest BCUT2D eigenvalue weighted by Gasteiger charge is 2.48. The van der Waals surface area contributed by atoms with Crippen LogP contribution < -0.4 is 0 Å². The van der Waals surface area contributed by atoms with Crippen LogP contribution in [0.5, 0.6) is 0 Å². The van der Waals surface area contributed by atoms with Crippen LogP contribution in [-0.2, 0) is 15.2 Å². The van der Waals surface area contributed by atoms with Crippen LogP contribution in [0, 0.1) is 0 Å². The van der Waals surface area contributed by atoms with Crippen LogP contribution in [0.15, 0.2) is 6.33 Å². The highest BCUT2D eigenvalue weighted by Crippen LogP contribution is 2.36. The largest absolute Gasteiger partial charge is 0.391 e. The van der Waals surface area contributed by atoms with Gasteiger partial charge >= 0.3 is 0 Å². The zero-order valence-corrected chi connectivity index (χ0v) is 9.95. The second-order valence-corrected chi connectivity index (χ2v) is 4.23. The van der Waals surface area contributed by atoms with Crippen LogP contribution in [0.4, 0.5) is 0 Å². The second-order valence-electron chi connectivity index (χ2n) is 4.23. The van der Waals surface area contributed by atoms with Gasteiger partial charge in [0, 0.05) is 13.0 Å².